The van der Waals surface area contributed by atoms with Gasteiger partial charge in [-0.25, -0.2) is 4.39 Å². The van der Waals surface area contributed by atoms with Crippen LogP contribution in [0.2, 0.25) is 0 Å². The molecule has 1 fully saturated rings. The lowest BCUT2D eigenvalue weighted by Crippen LogP contribution is -2.24. The first-order valence-electron chi connectivity index (χ1n) is 5.98. The summed E-state index contributed by atoms with van der Waals surface area (Å²) >= 11 is 0. The largest absolute Gasteiger partial charge is 0.493 e. The second-order valence-electron chi connectivity index (χ2n) is 4.72. The average molecular weight is 221 g/mol. The number of nitrogens with one attached hydrogen (secondary N) is 1. The van der Waals surface area contributed by atoms with Gasteiger partial charge in [0.05, 0.1) is 6.61 Å². The Bertz CT molecular complexity index is 401. The highest BCUT2D eigenvalue weighted by atomic mass is 19.1. The van der Waals surface area contributed by atoms with Gasteiger partial charge in [0.2, 0.25) is 0 Å². The number of hydrogen-bond donors (Lipinski definition) is 1. The van der Waals surface area contributed by atoms with E-state index in [1.54, 1.807) is 0 Å². The highest BCUT2D eigenvalue weighted by molar-refractivity contribution is 5.38. The Morgan fingerprint density at radius 1 is 1.38 bits per heavy atom. The van der Waals surface area contributed by atoms with Gasteiger partial charge in [0.15, 0.2) is 0 Å². The van der Waals surface area contributed by atoms with E-state index in [0.717, 1.165) is 37.2 Å². The molecule has 0 spiro atoms. The molecule has 1 aliphatic heterocycles. The summed E-state index contributed by atoms with van der Waals surface area (Å²) in [5, 5.41) is 3.25. The normalized spacial score (nSPS) is 19.3. The molecule has 1 aromatic rings. The van der Waals surface area contributed by atoms with Crippen molar-refractivity contribution in [2.24, 2.45) is 5.92 Å². The highest BCUT2D eigenvalue weighted by Gasteiger charge is 2.22. The van der Waals surface area contributed by atoms with Crippen LogP contribution in [0.5, 0.6) is 5.75 Å². The second kappa shape index (κ2) is 4.06. The lowest BCUT2D eigenvalue weighted by Gasteiger charge is -2.19. The zero-order valence-electron chi connectivity index (χ0n) is 9.26. The van der Waals surface area contributed by atoms with Crippen LogP contribution >= 0.6 is 0 Å². The number of ether oxygens (including phenoxy) is 1. The molecule has 3 heteroatoms. The highest BCUT2D eigenvalue weighted by Crippen LogP contribution is 2.30. The lowest BCUT2D eigenvalue weighted by atomic mass is 10.0. The monoisotopic (exact) mass is 221 g/mol. The van der Waals surface area contributed by atoms with E-state index in [9.17, 15) is 4.39 Å². The molecule has 2 nitrogen and oxygen atoms in total. The molecule has 1 saturated carbocycles. The van der Waals surface area contributed by atoms with Gasteiger partial charge in [0.1, 0.15) is 11.6 Å². The number of benzene rings is 1. The van der Waals surface area contributed by atoms with Crippen molar-refractivity contribution in [3.63, 3.8) is 0 Å². The quantitative estimate of drug-likeness (QED) is 0.845. The zero-order valence-corrected chi connectivity index (χ0v) is 9.26. The van der Waals surface area contributed by atoms with Crippen molar-refractivity contribution in [2.75, 3.05) is 13.2 Å². The molecule has 16 heavy (non-hydrogen) atoms. The Kier molecular flexibility index (Phi) is 2.56. The Hall–Kier alpha value is -1.09. The van der Waals surface area contributed by atoms with Gasteiger partial charge in [-0.3, -0.25) is 0 Å². The smallest absolute Gasteiger partial charge is 0.130 e. The van der Waals surface area contributed by atoms with Crippen LogP contribution in [-0.2, 0) is 13.0 Å². The Labute approximate surface area is 94.8 Å². The molecule has 0 atom stereocenters. The van der Waals surface area contributed by atoms with Crippen LogP contribution in [0.4, 0.5) is 4.39 Å². The van der Waals surface area contributed by atoms with Crippen molar-refractivity contribution < 1.29 is 9.13 Å². The fourth-order valence-corrected chi connectivity index (χ4v) is 2.12. The summed E-state index contributed by atoms with van der Waals surface area (Å²) in [6.07, 6.45) is 3.30. The summed E-state index contributed by atoms with van der Waals surface area (Å²) in [4.78, 5) is 0. The number of rotatable bonds is 3. The van der Waals surface area contributed by atoms with Crippen molar-refractivity contribution in [1.82, 2.24) is 5.32 Å². The fourth-order valence-electron chi connectivity index (χ4n) is 2.12. The molecule has 0 aromatic heterocycles. The van der Waals surface area contributed by atoms with Crippen LogP contribution < -0.4 is 10.1 Å². The standard InChI is InChI=1S/C13H16FNO/c14-13-6-11(16-8-9-1-2-9)5-10-7-15-4-3-12(10)13/h5-6,9,15H,1-4,7-8H2. The predicted molar refractivity (Wildman–Crippen MR) is 60.0 cm³/mol. The van der Waals surface area contributed by atoms with Crippen molar-refractivity contribution in [2.45, 2.75) is 25.8 Å². The minimum atomic E-state index is -0.107. The van der Waals surface area contributed by atoms with E-state index in [2.05, 4.69) is 5.32 Å². The molecule has 0 amide bonds. The van der Waals surface area contributed by atoms with E-state index in [4.69, 9.17) is 4.74 Å². The van der Waals surface area contributed by atoms with Gasteiger partial charge in [-0.2, -0.15) is 0 Å². The van der Waals surface area contributed by atoms with Crippen molar-refractivity contribution >= 4 is 0 Å². The minimum Gasteiger partial charge on any atom is -0.493 e. The summed E-state index contributed by atoms with van der Waals surface area (Å²) in [6, 6.07) is 3.51. The first-order chi connectivity index (χ1) is 7.83. The van der Waals surface area contributed by atoms with E-state index < -0.39 is 0 Å². The topological polar surface area (TPSA) is 21.3 Å². The fraction of sp³-hybridized carbons (Fsp3) is 0.538. The van der Waals surface area contributed by atoms with Gasteiger partial charge in [-0.1, -0.05) is 0 Å². The third-order valence-corrected chi connectivity index (χ3v) is 3.31. The van der Waals surface area contributed by atoms with Gasteiger partial charge < -0.3 is 10.1 Å². The summed E-state index contributed by atoms with van der Waals surface area (Å²) in [5.74, 6) is 1.29. The van der Waals surface area contributed by atoms with E-state index in [-0.39, 0.29) is 5.82 Å². The predicted octanol–water partition coefficient (Wildman–Crippen LogP) is 2.26. The average Bonchev–Trinajstić information content (AvgIpc) is 3.10. The van der Waals surface area contributed by atoms with Gasteiger partial charge in [0.25, 0.3) is 0 Å². The van der Waals surface area contributed by atoms with Crippen LogP contribution in [0.15, 0.2) is 12.1 Å². The van der Waals surface area contributed by atoms with Crippen molar-refractivity contribution in [3.8, 4) is 5.75 Å². The van der Waals surface area contributed by atoms with Crippen molar-refractivity contribution in [3.05, 3.63) is 29.1 Å². The van der Waals surface area contributed by atoms with Gasteiger partial charge in [-0.15, -0.1) is 0 Å². The molecule has 0 bridgehead atoms. The Balaban J connectivity index is 1.80. The molecule has 3 rings (SSSR count). The van der Waals surface area contributed by atoms with Crippen LogP contribution in [0.3, 0.4) is 0 Å². The van der Waals surface area contributed by atoms with Gasteiger partial charge in [-0.05, 0) is 48.9 Å². The first-order valence-corrected chi connectivity index (χ1v) is 5.98. The lowest BCUT2D eigenvalue weighted by molar-refractivity contribution is 0.297. The van der Waals surface area contributed by atoms with E-state index in [0.29, 0.717) is 11.7 Å². The molecular formula is C13H16FNO. The number of halogens is 1. The summed E-state index contributed by atoms with van der Waals surface area (Å²) in [6.45, 7) is 2.37. The first kappa shape index (κ1) is 10.1. The minimum absolute atomic E-state index is 0.107. The summed E-state index contributed by atoms with van der Waals surface area (Å²) in [7, 11) is 0. The Morgan fingerprint density at radius 3 is 3.06 bits per heavy atom. The van der Waals surface area contributed by atoms with E-state index in [1.807, 2.05) is 6.07 Å². The molecule has 86 valence electrons. The molecule has 0 radical (unpaired) electrons. The van der Waals surface area contributed by atoms with Crippen molar-refractivity contribution in [1.29, 1.82) is 0 Å². The third kappa shape index (κ3) is 2.05. The van der Waals surface area contributed by atoms with Gasteiger partial charge >= 0.3 is 0 Å². The summed E-state index contributed by atoms with van der Waals surface area (Å²) in [5.41, 5.74) is 1.91. The van der Waals surface area contributed by atoms with Crippen LogP contribution in [0, 0.1) is 11.7 Å². The molecule has 2 aliphatic rings. The van der Waals surface area contributed by atoms with Crippen LogP contribution in [0.1, 0.15) is 24.0 Å². The van der Waals surface area contributed by atoms with E-state index >= 15 is 0 Å². The molecular weight excluding hydrogens is 205 g/mol. The van der Waals surface area contributed by atoms with Gasteiger partial charge in [0, 0.05) is 12.6 Å². The Morgan fingerprint density at radius 2 is 2.25 bits per heavy atom. The number of hydrogen-bond acceptors (Lipinski definition) is 2. The van der Waals surface area contributed by atoms with Crippen LogP contribution in [-0.4, -0.2) is 13.2 Å². The second-order valence-corrected chi connectivity index (χ2v) is 4.72. The summed E-state index contributed by atoms with van der Waals surface area (Å²) < 4.78 is 19.4. The maximum Gasteiger partial charge on any atom is 0.130 e. The molecule has 1 N–H and O–H groups in total. The molecule has 1 aromatic carbocycles. The SMILES string of the molecule is Fc1cc(OCC2CC2)cc2c1CCNC2. The van der Waals surface area contributed by atoms with Crippen LogP contribution in [0.25, 0.3) is 0 Å². The van der Waals surface area contributed by atoms with E-state index in [1.165, 1.54) is 18.9 Å². The molecule has 1 aliphatic carbocycles. The molecule has 0 saturated heterocycles. The third-order valence-electron chi connectivity index (χ3n) is 3.31. The zero-order chi connectivity index (χ0) is 11.0. The molecule has 0 unspecified atom stereocenters. The maximum absolute atomic E-state index is 13.8. The number of fused-ring (bicyclic) bond motifs is 1. The maximum atomic E-state index is 13.8. The molecule has 1 heterocycles.